The molecule has 0 atom stereocenters. The minimum atomic E-state index is -0.786. The summed E-state index contributed by atoms with van der Waals surface area (Å²) in [5.74, 6) is -0.786. The van der Waals surface area contributed by atoms with Crippen molar-refractivity contribution in [3.8, 4) is 0 Å². The van der Waals surface area contributed by atoms with Crippen LogP contribution < -0.4 is 10.7 Å². The lowest BCUT2D eigenvalue weighted by Crippen LogP contribution is -2.24. The summed E-state index contributed by atoms with van der Waals surface area (Å²) < 4.78 is 12.7. The Morgan fingerprint density at radius 3 is 2.78 bits per heavy atom. The van der Waals surface area contributed by atoms with Crippen molar-refractivity contribution in [1.82, 2.24) is 5.08 Å². The van der Waals surface area contributed by atoms with Gasteiger partial charge in [-0.2, -0.15) is 4.79 Å². The van der Waals surface area contributed by atoms with Crippen molar-refractivity contribution in [3.63, 3.8) is 0 Å². The van der Waals surface area contributed by atoms with Gasteiger partial charge < -0.3 is 9.57 Å². The molecule has 0 aromatic carbocycles. The molecule has 0 saturated heterocycles. The number of ether oxygens (including phenoxy) is 1. The molecule has 0 saturated carbocycles. The molecule has 0 amide bonds. The Morgan fingerprint density at radius 1 is 1.67 bits per heavy atom. The molecule has 1 heterocycles. The van der Waals surface area contributed by atoms with E-state index in [1.165, 1.54) is 7.11 Å². The lowest BCUT2D eigenvalue weighted by Gasteiger charge is -2.01. The van der Waals surface area contributed by atoms with Gasteiger partial charge in [0.15, 0.2) is 5.08 Å². The summed E-state index contributed by atoms with van der Waals surface area (Å²) >= 11 is 0. The van der Waals surface area contributed by atoms with Crippen LogP contribution in [0.25, 0.3) is 0 Å². The van der Waals surface area contributed by atoms with Gasteiger partial charge in [-0.15, -0.1) is 0 Å². The highest BCUT2D eigenvalue weighted by molar-refractivity contribution is 4.20. The molecule has 0 radical (unpaired) electrons. The molecule has 0 bridgehead atoms. The number of aromatic nitrogens is 1. The molecule has 0 aliphatic carbocycles. The fourth-order valence-corrected chi connectivity index (χ4v) is 0.277. The van der Waals surface area contributed by atoms with Crippen molar-refractivity contribution in [2.75, 3.05) is 13.9 Å². The molecule has 0 spiro atoms. The van der Waals surface area contributed by atoms with Crippen LogP contribution >= 0.6 is 0 Å². The lowest BCUT2D eigenvalue weighted by atomic mass is 11.4. The van der Waals surface area contributed by atoms with Crippen LogP contribution in [0.1, 0.15) is 0 Å². The summed E-state index contributed by atoms with van der Waals surface area (Å²) in [6.07, 6.45) is 0. The fourth-order valence-electron chi connectivity index (χ4n) is 0.277. The second-order valence-electron chi connectivity index (χ2n) is 1.19. The maximum absolute atomic E-state index is 9.87. The van der Waals surface area contributed by atoms with E-state index in [-0.39, 0.29) is 6.79 Å². The summed E-state index contributed by atoms with van der Waals surface area (Å²) in [4.78, 5) is 14.3. The number of methoxy groups -OCH3 is 1. The Labute approximate surface area is 49.4 Å². The average molecular weight is 135 g/mol. The van der Waals surface area contributed by atoms with E-state index >= 15 is 0 Å². The van der Waals surface area contributed by atoms with Crippen LogP contribution in [-0.4, -0.2) is 19.0 Å². The Balaban J connectivity index is 2.27. The third kappa shape index (κ3) is 1.36. The maximum Gasteiger partial charge on any atom is 0.568 e. The molecule has 0 N–H and O–H groups in total. The van der Waals surface area contributed by atoms with Crippen LogP contribution in [-0.2, 0) is 4.74 Å². The van der Waals surface area contributed by atoms with Crippen LogP contribution in [0.2, 0.25) is 0 Å². The van der Waals surface area contributed by atoms with Gasteiger partial charge in [-0.25, -0.2) is 9.05 Å². The molecule has 1 aromatic heterocycles. The zero-order valence-corrected chi connectivity index (χ0v) is 4.70. The van der Waals surface area contributed by atoms with Crippen LogP contribution in [0.4, 0.5) is 0 Å². The van der Waals surface area contributed by atoms with Crippen LogP contribution in [0.5, 0.6) is 0 Å². The summed E-state index contributed by atoms with van der Waals surface area (Å²) in [6.45, 7) is -0.0206. The minimum absolute atomic E-state index is 0.0206. The quantitative estimate of drug-likeness (QED) is 0.500. The van der Waals surface area contributed by atoms with Crippen molar-refractivity contribution in [2.24, 2.45) is 0 Å². The normalized spacial score (nSPS) is 9.89. The van der Waals surface area contributed by atoms with Gasteiger partial charge in [-0.1, -0.05) is 0 Å². The van der Waals surface area contributed by atoms with E-state index in [4.69, 9.17) is 0 Å². The second kappa shape index (κ2) is 2.40. The first-order valence-electron chi connectivity index (χ1n) is 2.15. The smallest absolute Gasteiger partial charge is 0.347 e. The number of hydrogen-bond acceptors (Lipinski definition) is 5. The molecule has 9 heavy (non-hydrogen) atoms. The zero-order chi connectivity index (χ0) is 6.69. The average Bonchev–Trinajstić information content (AvgIpc) is 1.78. The molecule has 1 aromatic rings. The molecule has 6 heteroatoms. The molecule has 52 valence electrons. The lowest BCUT2D eigenvalue weighted by molar-refractivity contribution is -0.265. The Kier molecular flexibility index (Phi) is 1.59. The molecule has 0 fully saturated rings. The molecule has 0 unspecified atom stereocenters. The standard InChI is InChI=1S/C3H5NO5/c1-6-2-7-4-8-3(5)9-4/h2H2,1H3. The highest BCUT2D eigenvalue weighted by atomic mass is 17.0. The van der Waals surface area contributed by atoms with Gasteiger partial charge in [-0.3, -0.25) is 0 Å². The van der Waals surface area contributed by atoms with Crippen molar-refractivity contribution >= 4 is 0 Å². The highest BCUT2D eigenvalue weighted by Gasteiger charge is 2.00. The molecular weight excluding hydrogens is 130 g/mol. The summed E-state index contributed by atoms with van der Waals surface area (Å²) in [5.41, 5.74) is 0. The van der Waals surface area contributed by atoms with Crippen molar-refractivity contribution < 1.29 is 18.6 Å². The predicted octanol–water partition coefficient (Wildman–Crippen LogP) is -0.933. The Hall–Kier alpha value is -1.17. The first-order chi connectivity index (χ1) is 4.33. The number of hydrogen-bond donors (Lipinski definition) is 0. The topological polar surface area (TPSA) is 66.7 Å². The minimum Gasteiger partial charge on any atom is -0.347 e. The molecule has 1 rings (SSSR count). The van der Waals surface area contributed by atoms with Crippen molar-refractivity contribution in [3.05, 3.63) is 10.6 Å². The van der Waals surface area contributed by atoms with Gasteiger partial charge in [0.2, 0.25) is 6.79 Å². The van der Waals surface area contributed by atoms with E-state index in [0.29, 0.717) is 5.08 Å². The van der Waals surface area contributed by atoms with E-state index in [1.54, 1.807) is 0 Å². The molecular formula is C3H5NO5. The van der Waals surface area contributed by atoms with Gasteiger partial charge in [0, 0.05) is 7.11 Å². The first kappa shape index (κ1) is 5.96. The number of nitrogens with zero attached hydrogens (tertiary/aromatic N) is 1. The van der Waals surface area contributed by atoms with E-state index in [0.717, 1.165) is 0 Å². The predicted molar refractivity (Wildman–Crippen MR) is 23.7 cm³/mol. The first-order valence-corrected chi connectivity index (χ1v) is 2.15. The third-order valence-electron chi connectivity index (χ3n) is 0.574. The summed E-state index contributed by atoms with van der Waals surface area (Å²) in [6, 6.07) is 0. The van der Waals surface area contributed by atoms with Gasteiger partial charge >= 0.3 is 5.82 Å². The van der Waals surface area contributed by atoms with Gasteiger partial charge in [0.25, 0.3) is 0 Å². The molecule has 6 nitrogen and oxygen atoms in total. The van der Waals surface area contributed by atoms with E-state index in [2.05, 4.69) is 18.6 Å². The van der Waals surface area contributed by atoms with Crippen molar-refractivity contribution in [1.29, 1.82) is 0 Å². The number of rotatable bonds is 3. The highest BCUT2D eigenvalue weighted by Crippen LogP contribution is 1.76. The fraction of sp³-hybridized carbons (Fsp3) is 0.667. The third-order valence-corrected chi connectivity index (χ3v) is 0.574. The van der Waals surface area contributed by atoms with Crippen LogP contribution in [0.15, 0.2) is 13.8 Å². The van der Waals surface area contributed by atoms with Crippen molar-refractivity contribution in [2.45, 2.75) is 0 Å². The Morgan fingerprint density at radius 2 is 2.33 bits per heavy atom. The molecule has 0 aliphatic rings. The SMILES string of the molecule is COCOn1oc(=O)o1. The van der Waals surface area contributed by atoms with Crippen LogP contribution in [0, 0.1) is 0 Å². The van der Waals surface area contributed by atoms with E-state index in [1.807, 2.05) is 0 Å². The second-order valence-corrected chi connectivity index (χ2v) is 1.19. The zero-order valence-electron chi connectivity index (χ0n) is 4.70. The Bertz CT molecular complexity index is 192. The summed E-state index contributed by atoms with van der Waals surface area (Å²) in [7, 11) is 1.43. The summed E-state index contributed by atoms with van der Waals surface area (Å²) in [5, 5.41) is 0.561. The van der Waals surface area contributed by atoms with E-state index < -0.39 is 5.82 Å². The van der Waals surface area contributed by atoms with Gasteiger partial charge in [0.1, 0.15) is 0 Å². The van der Waals surface area contributed by atoms with Gasteiger partial charge in [-0.05, 0) is 0 Å². The molecule has 0 aliphatic heterocycles. The van der Waals surface area contributed by atoms with Crippen LogP contribution in [0.3, 0.4) is 0 Å². The largest absolute Gasteiger partial charge is 0.568 e. The van der Waals surface area contributed by atoms with Gasteiger partial charge in [0.05, 0.1) is 0 Å². The maximum atomic E-state index is 9.87. The monoisotopic (exact) mass is 135 g/mol. The van der Waals surface area contributed by atoms with E-state index in [9.17, 15) is 4.79 Å².